The van der Waals surface area contributed by atoms with Crippen LogP contribution in [-0.2, 0) is 0 Å². The van der Waals surface area contributed by atoms with E-state index in [4.69, 9.17) is 0 Å². The van der Waals surface area contributed by atoms with E-state index in [1.807, 2.05) is 0 Å². The van der Waals surface area contributed by atoms with Crippen molar-refractivity contribution in [3.8, 4) is 0 Å². The van der Waals surface area contributed by atoms with Crippen LogP contribution in [0.25, 0.3) is 0 Å². The Morgan fingerprint density at radius 3 is 2.46 bits per heavy atom. The zero-order chi connectivity index (χ0) is 17.0. The molecule has 5 unspecified atom stereocenters. The Morgan fingerprint density at radius 2 is 1.83 bits per heavy atom. The molecule has 0 aromatic carbocycles. The molecule has 140 valence electrons. The number of nitrogens with one attached hydrogen (secondary N) is 1. The van der Waals surface area contributed by atoms with Crippen molar-refractivity contribution >= 4 is 0 Å². The summed E-state index contributed by atoms with van der Waals surface area (Å²) in [7, 11) is 2.28. The monoisotopic (exact) mass is 333 g/mol. The number of hydrogen-bond donors (Lipinski definition) is 1. The SMILES string of the molecule is CCCCCC(NC)C1(C2CCC2)CCCCC2CC(CC)CC21. The molecule has 0 amide bonds. The molecular weight excluding hydrogens is 290 g/mol. The molecule has 24 heavy (non-hydrogen) atoms. The van der Waals surface area contributed by atoms with Gasteiger partial charge in [0.15, 0.2) is 0 Å². The lowest BCUT2D eigenvalue weighted by atomic mass is 9.52. The van der Waals surface area contributed by atoms with Crippen LogP contribution in [0.4, 0.5) is 0 Å². The molecule has 0 aliphatic heterocycles. The Bertz CT molecular complexity index is 374. The van der Waals surface area contributed by atoms with E-state index in [9.17, 15) is 0 Å². The highest BCUT2D eigenvalue weighted by molar-refractivity contribution is 5.07. The van der Waals surface area contributed by atoms with Crippen LogP contribution in [0, 0.1) is 29.1 Å². The standard InChI is InChI=1S/C23H43N/c1-4-6-7-14-22(24-3)23(20-12-10-13-20)15-9-8-11-19-16-18(5-2)17-21(19)23/h18-22,24H,4-17H2,1-3H3. The molecular formula is C23H43N. The highest BCUT2D eigenvalue weighted by atomic mass is 14.9. The summed E-state index contributed by atoms with van der Waals surface area (Å²) in [4.78, 5) is 0. The van der Waals surface area contributed by atoms with E-state index in [0.717, 1.165) is 29.7 Å². The minimum Gasteiger partial charge on any atom is -0.316 e. The van der Waals surface area contributed by atoms with Crippen LogP contribution in [-0.4, -0.2) is 13.1 Å². The summed E-state index contributed by atoms with van der Waals surface area (Å²) < 4.78 is 0. The molecule has 3 aliphatic carbocycles. The molecule has 3 aliphatic rings. The second-order valence-corrected chi connectivity index (χ2v) is 9.44. The van der Waals surface area contributed by atoms with Gasteiger partial charge in [0.1, 0.15) is 0 Å². The maximum atomic E-state index is 3.89. The van der Waals surface area contributed by atoms with Crippen LogP contribution < -0.4 is 5.32 Å². The van der Waals surface area contributed by atoms with Crippen LogP contribution in [0.2, 0.25) is 0 Å². The van der Waals surface area contributed by atoms with Crippen molar-refractivity contribution in [2.75, 3.05) is 7.05 Å². The van der Waals surface area contributed by atoms with Crippen molar-refractivity contribution in [3.05, 3.63) is 0 Å². The molecule has 0 heterocycles. The van der Waals surface area contributed by atoms with Crippen LogP contribution in [0.3, 0.4) is 0 Å². The Balaban J connectivity index is 1.86. The average Bonchev–Trinajstić information content (AvgIpc) is 2.89. The highest BCUT2D eigenvalue weighted by Gasteiger charge is 2.56. The van der Waals surface area contributed by atoms with Crippen LogP contribution in [0.5, 0.6) is 0 Å². The predicted octanol–water partition coefficient (Wildman–Crippen LogP) is 6.57. The van der Waals surface area contributed by atoms with Gasteiger partial charge in [-0.1, -0.05) is 65.2 Å². The summed E-state index contributed by atoms with van der Waals surface area (Å²) >= 11 is 0. The van der Waals surface area contributed by atoms with Gasteiger partial charge in [0.25, 0.3) is 0 Å². The zero-order valence-corrected chi connectivity index (χ0v) is 16.8. The van der Waals surface area contributed by atoms with Crippen molar-refractivity contribution in [3.63, 3.8) is 0 Å². The summed E-state index contributed by atoms with van der Waals surface area (Å²) in [6, 6.07) is 0.788. The van der Waals surface area contributed by atoms with Crippen molar-refractivity contribution in [1.29, 1.82) is 0 Å². The largest absolute Gasteiger partial charge is 0.316 e. The summed E-state index contributed by atoms with van der Waals surface area (Å²) in [6.45, 7) is 4.79. The molecule has 0 aromatic rings. The van der Waals surface area contributed by atoms with Crippen molar-refractivity contribution < 1.29 is 0 Å². The van der Waals surface area contributed by atoms with Crippen LogP contribution in [0.1, 0.15) is 104 Å². The average molecular weight is 334 g/mol. The van der Waals surface area contributed by atoms with Gasteiger partial charge in [-0.05, 0) is 74.7 Å². The summed E-state index contributed by atoms with van der Waals surface area (Å²) in [6.07, 6.45) is 20.9. The molecule has 0 bridgehead atoms. The first-order chi connectivity index (χ1) is 11.8. The summed E-state index contributed by atoms with van der Waals surface area (Å²) in [5.41, 5.74) is 0.645. The first-order valence-corrected chi connectivity index (χ1v) is 11.4. The number of hydrogen-bond acceptors (Lipinski definition) is 1. The summed E-state index contributed by atoms with van der Waals surface area (Å²) in [5, 5.41) is 3.89. The Hall–Kier alpha value is -0.0400. The normalized spacial score (nSPS) is 38.4. The third-order valence-electron chi connectivity index (χ3n) is 8.45. The van der Waals surface area contributed by atoms with Crippen molar-refractivity contribution in [2.24, 2.45) is 29.1 Å². The van der Waals surface area contributed by atoms with E-state index >= 15 is 0 Å². The van der Waals surface area contributed by atoms with Gasteiger partial charge < -0.3 is 5.32 Å². The van der Waals surface area contributed by atoms with Gasteiger partial charge in [0, 0.05) is 6.04 Å². The second kappa shape index (κ2) is 8.56. The molecule has 0 saturated heterocycles. The first-order valence-electron chi connectivity index (χ1n) is 11.4. The number of fused-ring (bicyclic) bond motifs is 1. The molecule has 0 radical (unpaired) electrons. The fraction of sp³-hybridized carbons (Fsp3) is 1.00. The zero-order valence-electron chi connectivity index (χ0n) is 16.8. The van der Waals surface area contributed by atoms with Gasteiger partial charge in [-0.2, -0.15) is 0 Å². The second-order valence-electron chi connectivity index (χ2n) is 9.44. The summed E-state index contributed by atoms with van der Waals surface area (Å²) in [5.74, 6) is 4.16. The van der Waals surface area contributed by atoms with E-state index in [1.165, 1.54) is 70.6 Å². The van der Waals surface area contributed by atoms with Crippen LogP contribution in [0.15, 0.2) is 0 Å². The van der Waals surface area contributed by atoms with E-state index in [1.54, 1.807) is 19.3 Å². The Labute approximate surface area is 151 Å². The smallest absolute Gasteiger partial charge is 0.0126 e. The lowest BCUT2D eigenvalue weighted by Gasteiger charge is -2.55. The van der Waals surface area contributed by atoms with Crippen LogP contribution >= 0.6 is 0 Å². The van der Waals surface area contributed by atoms with Gasteiger partial charge in [0.2, 0.25) is 0 Å². The van der Waals surface area contributed by atoms with Crippen molar-refractivity contribution in [2.45, 2.75) is 110 Å². The first kappa shape index (κ1) is 18.7. The fourth-order valence-electron chi connectivity index (χ4n) is 7.02. The van der Waals surface area contributed by atoms with E-state index in [0.29, 0.717) is 5.41 Å². The lowest BCUT2D eigenvalue weighted by Crippen LogP contribution is -2.55. The molecule has 3 rings (SSSR count). The van der Waals surface area contributed by atoms with Gasteiger partial charge in [-0.3, -0.25) is 0 Å². The fourth-order valence-corrected chi connectivity index (χ4v) is 7.02. The molecule has 1 heteroatoms. The lowest BCUT2D eigenvalue weighted by molar-refractivity contribution is -0.0379. The minimum atomic E-state index is 0.645. The molecule has 1 N–H and O–H groups in total. The van der Waals surface area contributed by atoms with E-state index < -0.39 is 0 Å². The van der Waals surface area contributed by atoms with Gasteiger partial charge in [0.05, 0.1) is 0 Å². The minimum absolute atomic E-state index is 0.645. The van der Waals surface area contributed by atoms with Crippen molar-refractivity contribution in [1.82, 2.24) is 5.32 Å². The maximum Gasteiger partial charge on any atom is 0.0126 e. The third kappa shape index (κ3) is 3.44. The Morgan fingerprint density at radius 1 is 1.00 bits per heavy atom. The van der Waals surface area contributed by atoms with Gasteiger partial charge in [-0.15, -0.1) is 0 Å². The molecule has 0 spiro atoms. The number of rotatable bonds is 8. The molecule has 5 atom stereocenters. The van der Waals surface area contributed by atoms with E-state index in [-0.39, 0.29) is 0 Å². The highest BCUT2D eigenvalue weighted by Crippen LogP contribution is 2.62. The number of unbranched alkanes of at least 4 members (excludes halogenated alkanes) is 2. The Kier molecular flexibility index (Phi) is 6.69. The van der Waals surface area contributed by atoms with E-state index in [2.05, 4.69) is 26.2 Å². The third-order valence-corrected chi connectivity index (χ3v) is 8.45. The van der Waals surface area contributed by atoms with Gasteiger partial charge in [-0.25, -0.2) is 0 Å². The quantitative estimate of drug-likeness (QED) is 0.495. The molecule has 1 nitrogen and oxygen atoms in total. The predicted molar refractivity (Wildman–Crippen MR) is 105 cm³/mol. The maximum absolute atomic E-state index is 3.89. The topological polar surface area (TPSA) is 12.0 Å². The molecule has 3 saturated carbocycles. The van der Waals surface area contributed by atoms with Gasteiger partial charge >= 0.3 is 0 Å². The molecule has 3 fully saturated rings. The molecule has 0 aromatic heterocycles.